The molecule has 0 aromatic carbocycles. The molecule has 10 nitrogen and oxygen atoms in total. The van der Waals surface area contributed by atoms with Gasteiger partial charge in [-0.15, -0.1) is 0 Å². The Morgan fingerprint density at radius 1 is 0.636 bits per heavy atom. The highest BCUT2D eigenvalue weighted by Crippen LogP contribution is 2.38. The topological polar surface area (TPSA) is 172 Å². The summed E-state index contributed by atoms with van der Waals surface area (Å²) in [6.07, 6.45) is 1.62. The summed E-state index contributed by atoms with van der Waals surface area (Å²) in [7, 11) is 0. The van der Waals surface area contributed by atoms with Gasteiger partial charge in [-0.1, -0.05) is 13.8 Å². The maximum absolute atomic E-state index is 11.6. The number of hydrogen-bond acceptors (Lipinski definition) is 6. The smallest absolute Gasteiger partial charge is 0.303 e. The predicted molar refractivity (Wildman–Crippen MR) is 171 cm³/mol. The van der Waals surface area contributed by atoms with Gasteiger partial charge in [0.25, 0.3) is 0 Å². The Morgan fingerprint density at radius 2 is 1.16 bits per heavy atom. The molecule has 2 aliphatic heterocycles. The van der Waals surface area contributed by atoms with Crippen molar-refractivity contribution < 1.29 is 30.0 Å². The average Bonchev–Trinajstić information content (AvgIpc) is 3.67. The molecule has 0 spiro atoms. The van der Waals surface area contributed by atoms with Crippen LogP contribution in [0.25, 0.3) is 44.4 Å². The Morgan fingerprint density at radius 3 is 1.77 bits per heavy atom. The van der Waals surface area contributed by atoms with Crippen molar-refractivity contribution in [3.63, 3.8) is 0 Å². The first kappa shape index (κ1) is 30.9. The maximum atomic E-state index is 11.6. The number of fused-ring (bicyclic) bond motifs is 8. The third-order valence-corrected chi connectivity index (χ3v) is 8.67. The third kappa shape index (κ3) is 5.70. The molecular formula is C34H38N4O6. The van der Waals surface area contributed by atoms with Crippen molar-refractivity contribution in [1.29, 1.82) is 0 Å². The van der Waals surface area contributed by atoms with Gasteiger partial charge in [-0.25, -0.2) is 9.97 Å². The molecule has 3 aromatic rings. The molecule has 5 heterocycles. The number of carboxylic acid groups (broad SMARTS) is 2. The Hall–Kier alpha value is -4.54. The zero-order valence-electron chi connectivity index (χ0n) is 25.5. The fourth-order valence-corrected chi connectivity index (χ4v) is 6.34. The van der Waals surface area contributed by atoms with Gasteiger partial charge in [0.05, 0.1) is 36.0 Å². The van der Waals surface area contributed by atoms with Gasteiger partial charge in [0.1, 0.15) is 0 Å². The van der Waals surface area contributed by atoms with Crippen LogP contribution < -0.4 is 0 Å². The van der Waals surface area contributed by atoms with Crippen molar-refractivity contribution in [3.05, 3.63) is 69.3 Å². The fourth-order valence-electron chi connectivity index (χ4n) is 6.34. The molecule has 230 valence electrons. The molecule has 3 aromatic heterocycles. The van der Waals surface area contributed by atoms with E-state index in [1.165, 1.54) is 0 Å². The molecule has 0 aliphatic carbocycles. The van der Waals surface area contributed by atoms with Crippen molar-refractivity contribution in [2.24, 2.45) is 0 Å². The van der Waals surface area contributed by atoms with E-state index < -0.39 is 11.9 Å². The van der Waals surface area contributed by atoms with E-state index in [0.717, 1.165) is 61.9 Å². The highest BCUT2D eigenvalue weighted by molar-refractivity contribution is 5.97. The number of nitrogens with zero attached hydrogens (tertiary/aromatic N) is 2. The summed E-state index contributed by atoms with van der Waals surface area (Å²) in [5.74, 6) is -1.89. The van der Waals surface area contributed by atoms with Crippen LogP contribution in [-0.2, 0) is 29.0 Å². The second kappa shape index (κ2) is 12.6. The van der Waals surface area contributed by atoms with Gasteiger partial charge in [-0.05, 0) is 97.2 Å². The zero-order chi connectivity index (χ0) is 31.7. The van der Waals surface area contributed by atoms with Crippen molar-refractivity contribution in [3.8, 4) is 0 Å². The van der Waals surface area contributed by atoms with Gasteiger partial charge in [-0.2, -0.15) is 0 Å². The van der Waals surface area contributed by atoms with Crippen LogP contribution in [0.1, 0.15) is 91.5 Å². The summed E-state index contributed by atoms with van der Waals surface area (Å²) in [4.78, 5) is 40.0. The largest absolute Gasteiger partial charge is 0.481 e. The van der Waals surface area contributed by atoms with E-state index in [2.05, 4.69) is 23.8 Å². The lowest BCUT2D eigenvalue weighted by atomic mass is 9.98. The Bertz CT molecular complexity index is 1890. The lowest BCUT2D eigenvalue weighted by Gasteiger charge is -2.06. The number of aromatic nitrogens is 4. The van der Waals surface area contributed by atoms with Crippen LogP contribution >= 0.6 is 0 Å². The summed E-state index contributed by atoms with van der Waals surface area (Å²) < 4.78 is 0. The quantitative estimate of drug-likeness (QED) is 0.170. The van der Waals surface area contributed by atoms with E-state index in [1.807, 2.05) is 32.0 Å². The summed E-state index contributed by atoms with van der Waals surface area (Å²) in [5, 5.41) is 39.9. The van der Waals surface area contributed by atoms with E-state index in [1.54, 1.807) is 6.07 Å². The molecule has 0 radical (unpaired) electrons. The van der Waals surface area contributed by atoms with Crippen molar-refractivity contribution in [2.75, 3.05) is 6.61 Å². The molecule has 0 amide bonds. The minimum Gasteiger partial charge on any atom is -0.481 e. The number of aryl methyl sites for hydroxylation is 3. The van der Waals surface area contributed by atoms with Crippen LogP contribution in [0, 0.1) is 6.92 Å². The number of H-pyrrole nitrogens is 2. The molecule has 2 aliphatic rings. The number of aromatic amines is 2. The zero-order valence-corrected chi connectivity index (χ0v) is 25.5. The fraction of sp³-hybridized carbons (Fsp3) is 0.353. The van der Waals surface area contributed by atoms with E-state index >= 15 is 0 Å². The van der Waals surface area contributed by atoms with Crippen molar-refractivity contribution in [1.82, 2.24) is 19.9 Å². The van der Waals surface area contributed by atoms with E-state index in [9.17, 15) is 30.0 Å². The number of carbonyl (C=O) groups is 2. The number of aliphatic hydroxyl groups excluding tert-OH is 2. The molecule has 6 N–H and O–H groups in total. The van der Waals surface area contributed by atoms with Crippen LogP contribution in [0.15, 0.2) is 24.3 Å². The Labute approximate surface area is 254 Å². The highest BCUT2D eigenvalue weighted by atomic mass is 16.4. The van der Waals surface area contributed by atoms with Gasteiger partial charge in [0.15, 0.2) is 0 Å². The molecule has 0 saturated heterocycles. The standard InChI is InChI=1S/C34H38N4O6/c1-5-19-17(3)25-11-28-20(6-2)23(15-39)31(37-28)12-26-18(4)21(7-9-33(41)42)29(36-26)14-30-22(8-10-34(43)44)24(16-40)32(38-30)13-27(19)35-25/h11-14,35,37,39-40H,5-10,15-16H2,1-4H3,(H,41,42)(H,43,44). The van der Waals surface area contributed by atoms with Crippen molar-refractivity contribution in [2.45, 2.75) is 72.8 Å². The van der Waals surface area contributed by atoms with E-state index in [0.29, 0.717) is 40.3 Å². The second-order valence-corrected chi connectivity index (χ2v) is 11.2. The predicted octanol–water partition coefficient (Wildman–Crippen LogP) is 5.80. The first-order valence-electron chi connectivity index (χ1n) is 14.9. The first-order chi connectivity index (χ1) is 21.1. The molecule has 0 unspecified atom stereocenters. The summed E-state index contributed by atoms with van der Waals surface area (Å²) in [6, 6.07) is 7.60. The van der Waals surface area contributed by atoms with Crippen LogP contribution in [0.3, 0.4) is 0 Å². The number of rotatable bonds is 10. The van der Waals surface area contributed by atoms with Gasteiger partial charge in [-0.3, -0.25) is 9.59 Å². The summed E-state index contributed by atoms with van der Waals surface area (Å²) >= 11 is 0. The molecule has 44 heavy (non-hydrogen) atoms. The molecule has 8 bridgehead atoms. The summed E-state index contributed by atoms with van der Waals surface area (Å²) in [5.41, 5.74) is 12.2. The molecular weight excluding hydrogens is 560 g/mol. The number of hydrogen-bond donors (Lipinski definition) is 6. The molecule has 0 fully saturated rings. The normalized spacial score (nSPS) is 13.2. The van der Waals surface area contributed by atoms with E-state index in [4.69, 9.17) is 9.97 Å². The number of carboxylic acids is 2. The van der Waals surface area contributed by atoms with Gasteiger partial charge >= 0.3 is 11.9 Å². The van der Waals surface area contributed by atoms with Crippen LogP contribution in [0.4, 0.5) is 0 Å². The first-order valence-corrected chi connectivity index (χ1v) is 14.9. The van der Waals surface area contributed by atoms with Gasteiger partial charge in [0.2, 0.25) is 0 Å². The van der Waals surface area contributed by atoms with Gasteiger partial charge < -0.3 is 30.4 Å². The maximum Gasteiger partial charge on any atom is 0.303 e. The number of aliphatic hydroxyl groups is 2. The van der Waals surface area contributed by atoms with Gasteiger partial charge in [0, 0.05) is 46.0 Å². The SMILES string of the molecule is CCc1c(C)c2cc3[nH]c(cc4nc(cc5nc(cc1[nH]2)C(CO)=C5CCC(=O)O)C(CCC(=O)O)=C4C)c(CO)c3CC. The lowest BCUT2D eigenvalue weighted by molar-refractivity contribution is -0.137. The average molecular weight is 599 g/mol. The monoisotopic (exact) mass is 598 g/mol. The number of nitrogens with one attached hydrogen (secondary N) is 2. The minimum absolute atomic E-state index is 0.0917. The van der Waals surface area contributed by atoms with Crippen molar-refractivity contribution >= 4 is 56.3 Å². The van der Waals surface area contributed by atoms with Crippen LogP contribution in [0.5, 0.6) is 0 Å². The molecule has 0 atom stereocenters. The lowest BCUT2D eigenvalue weighted by Crippen LogP contribution is -1.98. The third-order valence-electron chi connectivity index (χ3n) is 8.67. The molecule has 0 saturated carbocycles. The molecule has 5 rings (SSSR count). The van der Waals surface area contributed by atoms with Crippen LogP contribution in [-0.4, -0.2) is 58.9 Å². The van der Waals surface area contributed by atoms with Crippen LogP contribution in [0.2, 0.25) is 0 Å². The number of aliphatic carboxylic acids is 2. The number of allylic oxidation sites excluding steroid dienone is 3. The highest BCUT2D eigenvalue weighted by Gasteiger charge is 2.24. The minimum atomic E-state index is -0.962. The molecule has 10 heteroatoms. The Balaban J connectivity index is 1.95. The van der Waals surface area contributed by atoms with E-state index in [-0.39, 0.29) is 38.9 Å². The Kier molecular flexibility index (Phi) is 8.85. The summed E-state index contributed by atoms with van der Waals surface area (Å²) in [6.45, 7) is 7.59. The second-order valence-electron chi connectivity index (χ2n) is 11.2.